The standard InChI is InChI=1S/C28H34N4OS/c1-3-4-7-15-29-28(33)26-20-34-27(31-26)19-32(18-22-12-10-21(2)11-13-22)16-14-23-17-30-25-9-6-5-8-24(23)25/h5-6,8-13,17,20,30H,3-4,7,14-16,18-19H2,1-2H3,(H,29,33). The number of carbonyl (C=O) groups is 1. The van der Waals surface area contributed by atoms with Crippen LogP contribution >= 0.6 is 11.3 Å². The van der Waals surface area contributed by atoms with E-state index >= 15 is 0 Å². The second-order valence-electron chi connectivity index (χ2n) is 8.90. The van der Waals surface area contributed by atoms with Gasteiger partial charge in [-0.25, -0.2) is 4.98 Å². The Bertz CT molecular complexity index is 1190. The molecule has 0 spiro atoms. The third-order valence-electron chi connectivity index (χ3n) is 6.11. The van der Waals surface area contributed by atoms with Gasteiger partial charge >= 0.3 is 0 Å². The quantitative estimate of drug-likeness (QED) is 0.244. The number of rotatable bonds is 12. The van der Waals surface area contributed by atoms with Crippen LogP contribution in [0.3, 0.4) is 0 Å². The maximum Gasteiger partial charge on any atom is 0.270 e. The normalized spacial score (nSPS) is 11.4. The Morgan fingerprint density at radius 2 is 1.91 bits per heavy atom. The van der Waals surface area contributed by atoms with Gasteiger partial charge in [-0.15, -0.1) is 11.3 Å². The van der Waals surface area contributed by atoms with Crippen molar-refractivity contribution in [3.63, 3.8) is 0 Å². The molecular weight excluding hydrogens is 440 g/mol. The summed E-state index contributed by atoms with van der Waals surface area (Å²) in [5, 5.41) is 7.14. The number of aromatic amines is 1. The smallest absolute Gasteiger partial charge is 0.270 e. The highest BCUT2D eigenvalue weighted by Gasteiger charge is 2.15. The molecule has 0 aliphatic rings. The van der Waals surface area contributed by atoms with Crippen LogP contribution in [-0.2, 0) is 19.5 Å². The van der Waals surface area contributed by atoms with Crippen molar-refractivity contribution in [2.45, 2.75) is 52.6 Å². The monoisotopic (exact) mass is 474 g/mol. The zero-order valence-corrected chi connectivity index (χ0v) is 21.0. The van der Waals surface area contributed by atoms with Gasteiger partial charge in [0.05, 0.1) is 6.54 Å². The molecule has 4 aromatic rings. The van der Waals surface area contributed by atoms with Crippen molar-refractivity contribution in [1.29, 1.82) is 0 Å². The van der Waals surface area contributed by atoms with Crippen LogP contribution in [0.2, 0.25) is 0 Å². The zero-order valence-electron chi connectivity index (χ0n) is 20.1. The highest BCUT2D eigenvalue weighted by molar-refractivity contribution is 7.09. The molecule has 2 N–H and O–H groups in total. The molecule has 0 saturated heterocycles. The molecule has 0 bridgehead atoms. The molecule has 0 aliphatic heterocycles. The summed E-state index contributed by atoms with van der Waals surface area (Å²) in [6, 6.07) is 17.2. The van der Waals surface area contributed by atoms with Gasteiger partial charge in [0.1, 0.15) is 10.7 Å². The van der Waals surface area contributed by atoms with Crippen molar-refractivity contribution in [1.82, 2.24) is 20.2 Å². The Kier molecular flexibility index (Phi) is 8.50. The topological polar surface area (TPSA) is 61.0 Å². The van der Waals surface area contributed by atoms with Crippen LogP contribution in [0.5, 0.6) is 0 Å². The van der Waals surface area contributed by atoms with Crippen LogP contribution in [0.1, 0.15) is 58.4 Å². The van der Waals surface area contributed by atoms with Crippen molar-refractivity contribution >= 4 is 28.1 Å². The Morgan fingerprint density at radius 3 is 2.74 bits per heavy atom. The lowest BCUT2D eigenvalue weighted by atomic mass is 10.1. The molecule has 2 aromatic heterocycles. The van der Waals surface area contributed by atoms with Gasteiger partial charge in [0, 0.05) is 42.1 Å². The van der Waals surface area contributed by atoms with Gasteiger partial charge < -0.3 is 10.3 Å². The molecule has 0 fully saturated rings. The van der Waals surface area contributed by atoms with E-state index in [0.29, 0.717) is 12.2 Å². The lowest BCUT2D eigenvalue weighted by Gasteiger charge is -2.21. The summed E-state index contributed by atoms with van der Waals surface area (Å²) >= 11 is 1.57. The van der Waals surface area contributed by atoms with E-state index < -0.39 is 0 Å². The number of para-hydroxylation sites is 1. The largest absolute Gasteiger partial charge is 0.361 e. The number of amides is 1. The third-order valence-corrected chi connectivity index (χ3v) is 6.94. The number of hydrogen-bond acceptors (Lipinski definition) is 4. The first kappa shape index (κ1) is 24.2. The van der Waals surface area contributed by atoms with Gasteiger partial charge in [0.2, 0.25) is 0 Å². The number of unbranched alkanes of at least 4 members (excludes halogenated alkanes) is 2. The molecule has 0 saturated carbocycles. The van der Waals surface area contributed by atoms with E-state index in [4.69, 9.17) is 0 Å². The summed E-state index contributed by atoms with van der Waals surface area (Å²) in [6.07, 6.45) is 6.36. The minimum absolute atomic E-state index is 0.0671. The number of nitrogens with one attached hydrogen (secondary N) is 2. The van der Waals surface area contributed by atoms with Crippen molar-refractivity contribution in [2.24, 2.45) is 0 Å². The maximum absolute atomic E-state index is 12.5. The summed E-state index contributed by atoms with van der Waals surface area (Å²) in [5.41, 5.74) is 5.59. The van der Waals surface area contributed by atoms with Crippen molar-refractivity contribution in [3.05, 3.63) is 87.5 Å². The highest BCUT2D eigenvalue weighted by atomic mass is 32.1. The molecule has 2 heterocycles. The maximum atomic E-state index is 12.5. The van der Waals surface area contributed by atoms with Crippen LogP contribution < -0.4 is 5.32 Å². The molecule has 34 heavy (non-hydrogen) atoms. The van der Waals surface area contributed by atoms with Gasteiger partial charge in [-0.05, 0) is 37.0 Å². The number of thiazole rings is 1. The Morgan fingerprint density at radius 1 is 1.09 bits per heavy atom. The van der Waals surface area contributed by atoms with Gasteiger partial charge in [0.15, 0.2) is 0 Å². The Balaban J connectivity index is 1.43. The Hall–Kier alpha value is -2.96. The van der Waals surface area contributed by atoms with Gasteiger partial charge in [-0.3, -0.25) is 9.69 Å². The van der Waals surface area contributed by atoms with Crippen molar-refractivity contribution in [2.75, 3.05) is 13.1 Å². The van der Waals surface area contributed by atoms with Gasteiger partial charge in [-0.2, -0.15) is 0 Å². The van der Waals surface area contributed by atoms with E-state index in [-0.39, 0.29) is 5.91 Å². The van der Waals surface area contributed by atoms with Crippen molar-refractivity contribution < 1.29 is 4.79 Å². The number of aromatic nitrogens is 2. The first-order valence-corrected chi connectivity index (χ1v) is 13.1. The molecule has 0 unspecified atom stereocenters. The van der Waals surface area contributed by atoms with E-state index in [9.17, 15) is 4.79 Å². The zero-order chi connectivity index (χ0) is 23.8. The number of hydrogen-bond donors (Lipinski definition) is 2. The average Bonchev–Trinajstić information content (AvgIpc) is 3.49. The van der Waals surface area contributed by atoms with E-state index in [1.807, 2.05) is 5.38 Å². The average molecular weight is 475 g/mol. The van der Waals surface area contributed by atoms with E-state index in [2.05, 4.69) is 88.8 Å². The molecule has 5 nitrogen and oxygen atoms in total. The molecular formula is C28H34N4OS. The predicted molar refractivity (Wildman–Crippen MR) is 141 cm³/mol. The number of carbonyl (C=O) groups excluding carboxylic acids is 1. The molecule has 0 radical (unpaired) electrons. The summed E-state index contributed by atoms with van der Waals surface area (Å²) in [4.78, 5) is 22.9. The summed E-state index contributed by atoms with van der Waals surface area (Å²) in [5.74, 6) is -0.0671. The van der Waals surface area contributed by atoms with Gasteiger partial charge in [-0.1, -0.05) is 67.8 Å². The van der Waals surface area contributed by atoms with E-state index in [1.165, 1.54) is 27.6 Å². The van der Waals surface area contributed by atoms with E-state index in [0.717, 1.165) is 50.3 Å². The molecule has 4 rings (SSSR count). The predicted octanol–water partition coefficient (Wildman–Crippen LogP) is 6.10. The Labute approximate surface area is 206 Å². The van der Waals surface area contributed by atoms with Crippen LogP contribution in [0.25, 0.3) is 10.9 Å². The molecule has 6 heteroatoms. The minimum Gasteiger partial charge on any atom is -0.361 e. The number of aryl methyl sites for hydroxylation is 1. The highest BCUT2D eigenvalue weighted by Crippen LogP contribution is 2.20. The molecule has 1 amide bonds. The van der Waals surface area contributed by atoms with Crippen LogP contribution in [-0.4, -0.2) is 33.9 Å². The number of H-pyrrole nitrogens is 1. The number of benzene rings is 2. The second-order valence-corrected chi connectivity index (χ2v) is 9.84. The van der Waals surface area contributed by atoms with Crippen LogP contribution in [0.15, 0.2) is 60.1 Å². The summed E-state index contributed by atoms with van der Waals surface area (Å²) in [7, 11) is 0. The summed E-state index contributed by atoms with van der Waals surface area (Å²) < 4.78 is 0. The second kappa shape index (κ2) is 12.0. The fraction of sp³-hybridized carbons (Fsp3) is 0.357. The molecule has 0 atom stereocenters. The lowest BCUT2D eigenvalue weighted by molar-refractivity contribution is 0.0948. The fourth-order valence-electron chi connectivity index (χ4n) is 4.13. The van der Waals surface area contributed by atoms with Crippen LogP contribution in [0, 0.1) is 6.92 Å². The summed E-state index contributed by atoms with van der Waals surface area (Å²) in [6.45, 7) is 7.47. The molecule has 178 valence electrons. The SMILES string of the molecule is CCCCCNC(=O)c1csc(CN(CCc2c[nH]c3ccccc23)Cc2ccc(C)cc2)n1. The lowest BCUT2D eigenvalue weighted by Crippen LogP contribution is -2.26. The fourth-order valence-corrected chi connectivity index (χ4v) is 4.94. The number of fused-ring (bicyclic) bond motifs is 1. The van der Waals surface area contributed by atoms with Crippen molar-refractivity contribution in [3.8, 4) is 0 Å². The molecule has 2 aromatic carbocycles. The first-order chi connectivity index (χ1) is 16.6. The van der Waals surface area contributed by atoms with Gasteiger partial charge in [0.25, 0.3) is 5.91 Å². The minimum atomic E-state index is -0.0671. The third kappa shape index (κ3) is 6.55. The number of nitrogens with zero attached hydrogens (tertiary/aromatic N) is 2. The van der Waals surface area contributed by atoms with E-state index in [1.54, 1.807) is 11.3 Å². The first-order valence-electron chi connectivity index (χ1n) is 12.2. The molecule has 0 aliphatic carbocycles. The van der Waals surface area contributed by atoms with Crippen LogP contribution in [0.4, 0.5) is 0 Å².